The molecule has 18 heavy (non-hydrogen) atoms. The maximum absolute atomic E-state index is 10.9. The van der Waals surface area contributed by atoms with Crippen molar-refractivity contribution in [3.05, 3.63) is 12.2 Å². The number of carbonyl (C=O) groups excluding carboxylic acids is 1. The van der Waals surface area contributed by atoms with E-state index in [-0.39, 0.29) is 5.97 Å². The molecule has 0 atom stereocenters. The third-order valence-corrected chi connectivity index (χ3v) is 3.05. The second-order valence-corrected chi connectivity index (χ2v) is 4.76. The highest BCUT2D eigenvalue weighted by Gasteiger charge is 1.97. The summed E-state index contributed by atoms with van der Waals surface area (Å²) in [5, 5.41) is 0. The van der Waals surface area contributed by atoms with Gasteiger partial charge < -0.3 is 4.74 Å². The van der Waals surface area contributed by atoms with Gasteiger partial charge in [-0.3, -0.25) is 4.79 Å². The van der Waals surface area contributed by atoms with Gasteiger partial charge in [-0.25, -0.2) is 0 Å². The summed E-state index contributed by atoms with van der Waals surface area (Å²) in [6, 6.07) is 0. The first-order chi connectivity index (χ1) is 8.81. The zero-order valence-electron chi connectivity index (χ0n) is 12.2. The Labute approximate surface area is 113 Å². The number of unbranched alkanes of at least 4 members (excludes halogenated alkanes) is 8. The summed E-state index contributed by atoms with van der Waals surface area (Å²) in [6.07, 6.45) is 16.3. The molecule has 0 aromatic rings. The van der Waals surface area contributed by atoms with E-state index >= 15 is 0 Å². The van der Waals surface area contributed by atoms with Crippen molar-refractivity contribution in [1.82, 2.24) is 0 Å². The predicted octanol–water partition coefficient (Wildman–Crippen LogP) is 5.03. The smallest absolute Gasteiger partial charge is 0.305 e. The van der Waals surface area contributed by atoms with E-state index in [4.69, 9.17) is 4.74 Å². The number of esters is 1. The molecule has 0 aromatic heterocycles. The van der Waals surface area contributed by atoms with Crippen LogP contribution in [0.15, 0.2) is 12.2 Å². The van der Waals surface area contributed by atoms with Crippen LogP contribution in [-0.2, 0) is 9.53 Å². The van der Waals surface area contributed by atoms with E-state index in [1.165, 1.54) is 51.4 Å². The average molecular weight is 254 g/mol. The van der Waals surface area contributed by atoms with Crippen molar-refractivity contribution >= 4 is 5.97 Å². The molecular formula is C16H30O2. The van der Waals surface area contributed by atoms with E-state index in [2.05, 4.69) is 19.1 Å². The van der Waals surface area contributed by atoms with Crippen LogP contribution in [0.2, 0.25) is 0 Å². The van der Waals surface area contributed by atoms with Gasteiger partial charge in [0.15, 0.2) is 0 Å². The Balaban J connectivity index is 3.01. The lowest BCUT2D eigenvalue weighted by Crippen LogP contribution is -2.03. The van der Waals surface area contributed by atoms with Crippen LogP contribution < -0.4 is 0 Å². The van der Waals surface area contributed by atoms with Crippen LogP contribution in [0.1, 0.15) is 78.1 Å². The molecule has 2 nitrogen and oxygen atoms in total. The topological polar surface area (TPSA) is 26.3 Å². The third kappa shape index (κ3) is 13.3. The lowest BCUT2D eigenvalue weighted by Gasteiger charge is -2.03. The van der Waals surface area contributed by atoms with Crippen LogP contribution in [0, 0.1) is 0 Å². The number of hydrogen-bond acceptors (Lipinski definition) is 2. The van der Waals surface area contributed by atoms with E-state index in [1.54, 1.807) is 0 Å². The Hall–Kier alpha value is -0.790. The molecule has 0 aliphatic rings. The van der Waals surface area contributed by atoms with Crippen molar-refractivity contribution in [3.63, 3.8) is 0 Å². The van der Waals surface area contributed by atoms with Gasteiger partial charge >= 0.3 is 5.97 Å². The van der Waals surface area contributed by atoms with Gasteiger partial charge in [0.25, 0.3) is 0 Å². The van der Waals surface area contributed by atoms with Gasteiger partial charge in [0.05, 0.1) is 6.61 Å². The summed E-state index contributed by atoms with van der Waals surface area (Å²) in [5.41, 5.74) is 0. The van der Waals surface area contributed by atoms with Gasteiger partial charge in [0.1, 0.15) is 0 Å². The van der Waals surface area contributed by atoms with Crippen molar-refractivity contribution < 1.29 is 9.53 Å². The van der Waals surface area contributed by atoms with E-state index < -0.39 is 0 Å². The largest absolute Gasteiger partial charge is 0.466 e. The highest BCUT2D eigenvalue weighted by Crippen LogP contribution is 2.10. The third-order valence-electron chi connectivity index (χ3n) is 3.05. The second-order valence-electron chi connectivity index (χ2n) is 4.76. The number of ether oxygens (including phenoxy) is 1. The molecule has 0 aromatic carbocycles. The molecule has 0 spiro atoms. The van der Waals surface area contributed by atoms with Crippen LogP contribution in [0.3, 0.4) is 0 Å². The molecule has 0 rings (SSSR count). The second kappa shape index (κ2) is 14.3. The maximum Gasteiger partial charge on any atom is 0.305 e. The lowest BCUT2D eigenvalue weighted by molar-refractivity contribution is -0.143. The molecule has 0 saturated carbocycles. The van der Waals surface area contributed by atoms with Crippen molar-refractivity contribution in [3.8, 4) is 0 Å². The first kappa shape index (κ1) is 17.2. The molecule has 0 saturated heterocycles. The molecule has 0 amide bonds. The number of hydrogen-bond donors (Lipinski definition) is 0. The van der Waals surface area contributed by atoms with E-state index in [1.807, 2.05) is 6.92 Å². The Morgan fingerprint density at radius 1 is 0.944 bits per heavy atom. The van der Waals surface area contributed by atoms with Crippen LogP contribution in [0.25, 0.3) is 0 Å². The zero-order valence-corrected chi connectivity index (χ0v) is 12.2. The van der Waals surface area contributed by atoms with Crippen LogP contribution >= 0.6 is 0 Å². The Morgan fingerprint density at radius 3 is 2.06 bits per heavy atom. The van der Waals surface area contributed by atoms with Crippen molar-refractivity contribution in [1.29, 1.82) is 0 Å². The number of allylic oxidation sites excluding steroid dienone is 2. The highest BCUT2D eigenvalue weighted by atomic mass is 16.5. The standard InChI is InChI=1S/C16H30O2/c1-3-5-6-7-8-9-10-11-12-13-14-15-18-16(17)4-2/h3,5H,4,6-15H2,1-2H3/b5-3+. The van der Waals surface area contributed by atoms with Crippen LogP contribution in [-0.4, -0.2) is 12.6 Å². The summed E-state index contributed by atoms with van der Waals surface area (Å²) in [4.78, 5) is 10.9. The van der Waals surface area contributed by atoms with Gasteiger partial charge in [0.2, 0.25) is 0 Å². The molecule has 0 aliphatic heterocycles. The zero-order chi connectivity index (χ0) is 13.5. The molecular weight excluding hydrogens is 224 g/mol. The van der Waals surface area contributed by atoms with Gasteiger partial charge in [-0.1, -0.05) is 57.6 Å². The Morgan fingerprint density at radius 2 is 1.50 bits per heavy atom. The summed E-state index contributed by atoms with van der Waals surface area (Å²) >= 11 is 0. The van der Waals surface area contributed by atoms with Gasteiger partial charge in [0, 0.05) is 6.42 Å². The van der Waals surface area contributed by atoms with E-state index in [0.717, 1.165) is 6.42 Å². The summed E-state index contributed by atoms with van der Waals surface area (Å²) < 4.78 is 5.03. The molecule has 0 bridgehead atoms. The predicted molar refractivity (Wildman–Crippen MR) is 77.6 cm³/mol. The SMILES string of the molecule is C/C=C/CCCCCCCCCCOC(=O)CC. The minimum Gasteiger partial charge on any atom is -0.466 e. The molecule has 2 heteroatoms. The average Bonchev–Trinajstić information content (AvgIpc) is 2.39. The first-order valence-corrected chi connectivity index (χ1v) is 7.58. The molecule has 106 valence electrons. The minimum absolute atomic E-state index is 0.0730. The number of carbonyl (C=O) groups is 1. The normalized spacial score (nSPS) is 11.0. The summed E-state index contributed by atoms with van der Waals surface area (Å²) in [7, 11) is 0. The monoisotopic (exact) mass is 254 g/mol. The maximum atomic E-state index is 10.9. The van der Waals surface area contributed by atoms with Crippen LogP contribution in [0.4, 0.5) is 0 Å². The van der Waals surface area contributed by atoms with Crippen LogP contribution in [0.5, 0.6) is 0 Å². The first-order valence-electron chi connectivity index (χ1n) is 7.58. The Kier molecular flexibility index (Phi) is 13.6. The molecule has 0 N–H and O–H groups in total. The molecule has 0 radical (unpaired) electrons. The fourth-order valence-corrected chi connectivity index (χ4v) is 1.88. The fraction of sp³-hybridized carbons (Fsp3) is 0.812. The van der Waals surface area contributed by atoms with Crippen molar-refractivity contribution in [2.24, 2.45) is 0 Å². The Bertz CT molecular complexity index is 209. The fourth-order valence-electron chi connectivity index (χ4n) is 1.88. The highest BCUT2D eigenvalue weighted by molar-refractivity contribution is 5.68. The van der Waals surface area contributed by atoms with E-state index in [0.29, 0.717) is 13.0 Å². The number of rotatable bonds is 12. The summed E-state index contributed by atoms with van der Waals surface area (Å²) in [5.74, 6) is -0.0730. The summed E-state index contributed by atoms with van der Waals surface area (Å²) in [6.45, 7) is 4.52. The quantitative estimate of drug-likeness (QED) is 0.277. The molecule has 0 unspecified atom stereocenters. The van der Waals surface area contributed by atoms with Crippen molar-refractivity contribution in [2.45, 2.75) is 78.1 Å². The molecule has 0 fully saturated rings. The van der Waals surface area contributed by atoms with E-state index in [9.17, 15) is 4.79 Å². The van der Waals surface area contributed by atoms with Gasteiger partial charge in [-0.15, -0.1) is 0 Å². The van der Waals surface area contributed by atoms with Crippen molar-refractivity contribution in [2.75, 3.05) is 6.61 Å². The van der Waals surface area contributed by atoms with Gasteiger partial charge in [-0.2, -0.15) is 0 Å². The lowest BCUT2D eigenvalue weighted by atomic mass is 10.1. The van der Waals surface area contributed by atoms with Gasteiger partial charge in [-0.05, 0) is 26.2 Å². The molecule has 0 aliphatic carbocycles. The molecule has 0 heterocycles. The minimum atomic E-state index is -0.0730.